The summed E-state index contributed by atoms with van der Waals surface area (Å²) in [5.74, 6) is 0.171. The van der Waals surface area contributed by atoms with Gasteiger partial charge in [-0.25, -0.2) is 0 Å². The lowest BCUT2D eigenvalue weighted by Crippen LogP contribution is -2.21. The Kier molecular flexibility index (Phi) is 6.75. The molecule has 6 nitrogen and oxygen atoms in total. The van der Waals surface area contributed by atoms with Gasteiger partial charge in [0.25, 0.3) is 5.91 Å². The maximum absolute atomic E-state index is 12.1. The average molecular weight is 351 g/mol. The molecule has 26 heavy (non-hydrogen) atoms. The predicted octanol–water partition coefficient (Wildman–Crippen LogP) is 3.43. The van der Waals surface area contributed by atoms with Gasteiger partial charge in [0, 0.05) is 17.8 Å². The molecule has 2 aromatic carbocycles. The van der Waals surface area contributed by atoms with Crippen molar-refractivity contribution in [2.45, 2.75) is 26.7 Å². The van der Waals surface area contributed by atoms with E-state index in [2.05, 4.69) is 16.7 Å². The minimum absolute atomic E-state index is 0.0886. The summed E-state index contributed by atoms with van der Waals surface area (Å²) in [5, 5.41) is 14.2. The van der Waals surface area contributed by atoms with E-state index in [1.165, 1.54) is 0 Å². The maximum atomic E-state index is 12.1. The third-order valence-electron chi connectivity index (χ3n) is 3.69. The van der Waals surface area contributed by atoms with E-state index in [9.17, 15) is 9.59 Å². The molecule has 0 atom stereocenters. The molecule has 0 bridgehead atoms. The summed E-state index contributed by atoms with van der Waals surface area (Å²) >= 11 is 0. The Morgan fingerprint density at radius 2 is 1.81 bits per heavy atom. The third-order valence-corrected chi connectivity index (χ3v) is 3.69. The van der Waals surface area contributed by atoms with Crippen molar-refractivity contribution >= 4 is 23.2 Å². The molecule has 0 spiro atoms. The van der Waals surface area contributed by atoms with Gasteiger partial charge < -0.3 is 15.4 Å². The molecule has 0 fully saturated rings. The molecule has 2 rings (SSSR count). The molecule has 2 aromatic rings. The lowest BCUT2D eigenvalue weighted by atomic mass is 10.1. The fourth-order valence-electron chi connectivity index (χ4n) is 2.21. The van der Waals surface area contributed by atoms with Crippen LogP contribution in [0.25, 0.3) is 0 Å². The molecule has 0 heterocycles. The molecule has 0 aliphatic rings. The van der Waals surface area contributed by atoms with Gasteiger partial charge in [-0.2, -0.15) is 5.26 Å². The number of carbonyl (C=O) groups is 2. The summed E-state index contributed by atoms with van der Waals surface area (Å²) in [6, 6.07) is 14.5. The zero-order valence-corrected chi connectivity index (χ0v) is 14.8. The topological polar surface area (TPSA) is 91.2 Å². The van der Waals surface area contributed by atoms with Crippen molar-refractivity contribution in [1.29, 1.82) is 5.26 Å². The molecule has 6 heteroatoms. The number of carbonyl (C=O) groups excluding carboxylic acids is 2. The summed E-state index contributed by atoms with van der Waals surface area (Å²) in [5.41, 5.74) is 3.03. The largest absolute Gasteiger partial charge is 0.484 e. The Morgan fingerprint density at radius 1 is 1.08 bits per heavy atom. The zero-order chi connectivity index (χ0) is 18.9. The molecule has 0 unspecified atom stereocenters. The minimum Gasteiger partial charge on any atom is -0.484 e. The Labute approximate surface area is 152 Å². The highest BCUT2D eigenvalue weighted by molar-refractivity contribution is 5.95. The van der Waals surface area contributed by atoms with Gasteiger partial charge in [-0.1, -0.05) is 25.1 Å². The van der Waals surface area contributed by atoms with Crippen LogP contribution in [0.4, 0.5) is 11.4 Å². The molecule has 0 saturated carbocycles. The van der Waals surface area contributed by atoms with Crippen molar-refractivity contribution in [3.63, 3.8) is 0 Å². The van der Waals surface area contributed by atoms with E-state index in [1.54, 1.807) is 43.3 Å². The van der Waals surface area contributed by atoms with Crippen molar-refractivity contribution in [1.82, 2.24) is 0 Å². The lowest BCUT2D eigenvalue weighted by molar-refractivity contribution is -0.118. The van der Waals surface area contributed by atoms with Gasteiger partial charge in [-0.05, 0) is 42.3 Å². The maximum Gasteiger partial charge on any atom is 0.262 e. The number of amides is 2. The van der Waals surface area contributed by atoms with Gasteiger partial charge >= 0.3 is 0 Å². The van der Waals surface area contributed by atoms with Crippen LogP contribution in [0.5, 0.6) is 5.75 Å². The van der Waals surface area contributed by atoms with Gasteiger partial charge in [-0.3, -0.25) is 9.59 Å². The van der Waals surface area contributed by atoms with Crippen LogP contribution in [0.2, 0.25) is 0 Å². The highest BCUT2D eigenvalue weighted by Gasteiger charge is 2.08. The van der Waals surface area contributed by atoms with E-state index in [1.807, 2.05) is 13.0 Å². The number of anilines is 2. The second kappa shape index (κ2) is 9.23. The molecule has 2 N–H and O–H groups in total. The van der Waals surface area contributed by atoms with Gasteiger partial charge in [-0.15, -0.1) is 0 Å². The molecule has 0 saturated heterocycles. The minimum atomic E-state index is -0.298. The van der Waals surface area contributed by atoms with E-state index >= 15 is 0 Å². The first kappa shape index (κ1) is 19.0. The zero-order valence-electron chi connectivity index (χ0n) is 14.8. The lowest BCUT2D eigenvalue weighted by Gasteiger charge is -2.12. The Balaban J connectivity index is 1.93. The Morgan fingerprint density at radius 3 is 2.46 bits per heavy atom. The normalized spacial score (nSPS) is 9.88. The summed E-state index contributed by atoms with van der Waals surface area (Å²) in [6.07, 6.45) is 0.724. The Hall–Kier alpha value is -3.33. The second-order valence-electron chi connectivity index (χ2n) is 5.75. The number of ether oxygens (including phenoxy) is 1. The number of nitriles is 1. The number of hydrogen-bond donors (Lipinski definition) is 2. The second-order valence-corrected chi connectivity index (χ2v) is 5.75. The SMILES string of the molecule is CCC(=O)Nc1ccc(C)c(NC(=O)COc2ccc(CC#N)cc2)c1. The molecule has 134 valence electrons. The van der Waals surface area contributed by atoms with Crippen molar-refractivity contribution < 1.29 is 14.3 Å². The van der Waals surface area contributed by atoms with Gasteiger partial charge in [0.05, 0.1) is 12.5 Å². The fourth-order valence-corrected chi connectivity index (χ4v) is 2.21. The molecule has 2 amide bonds. The molecule has 0 aliphatic heterocycles. The number of rotatable bonds is 7. The van der Waals surface area contributed by atoms with Crippen LogP contribution in [-0.4, -0.2) is 18.4 Å². The monoisotopic (exact) mass is 351 g/mol. The molecule has 0 aliphatic carbocycles. The fraction of sp³-hybridized carbons (Fsp3) is 0.250. The van der Waals surface area contributed by atoms with Crippen LogP contribution in [0.15, 0.2) is 42.5 Å². The van der Waals surface area contributed by atoms with Crippen molar-refractivity contribution in [2.75, 3.05) is 17.2 Å². The van der Waals surface area contributed by atoms with Crippen LogP contribution in [0.3, 0.4) is 0 Å². The number of nitrogens with zero attached hydrogens (tertiary/aromatic N) is 1. The van der Waals surface area contributed by atoms with E-state index in [-0.39, 0.29) is 18.4 Å². The van der Waals surface area contributed by atoms with Crippen molar-refractivity contribution in [3.05, 3.63) is 53.6 Å². The molecule has 0 aromatic heterocycles. The molecular weight excluding hydrogens is 330 g/mol. The van der Waals surface area contributed by atoms with E-state index in [0.29, 0.717) is 30.0 Å². The van der Waals surface area contributed by atoms with E-state index in [4.69, 9.17) is 10.00 Å². The van der Waals surface area contributed by atoms with Crippen LogP contribution in [0, 0.1) is 18.3 Å². The van der Waals surface area contributed by atoms with Gasteiger partial charge in [0.15, 0.2) is 6.61 Å². The van der Waals surface area contributed by atoms with E-state index in [0.717, 1.165) is 11.1 Å². The van der Waals surface area contributed by atoms with E-state index < -0.39 is 0 Å². The van der Waals surface area contributed by atoms with Crippen molar-refractivity contribution in [3.8, 4) is 11.8 Å². The standard InChI is InChI=1S/C20H21N3O3/c1-3-19(24)22-16-7-4-14(2)18(12-16)23-20(25)13-26-17-8-5-15(6-9-17)10-11-21/h4-9,12H,3,10,13H2,1-2H3,(H,22,24)(H,23,25). The molecule has 0 radical (unpaired) electrons. The van der Waals surface area contributed by atoms with Gasteiger partial charge in [0.2, 0.25) is 5.91 Å². The van der Waals surface area contributed by atoms with Gasteiger partial charge in [0.1, 0.15) is 5.75 Å². The number of aryl methyl sites for hydroxylation is 1. The number of hydrogen-bond acceptors (Lipinski definition) is 4. The highest BCUT2D eigenvalue weighted by Crippen LogP contribution is 2.20. The Bertz CT molecular complexity index is 823. The summed E-state index contributed by atoms with van der Waals surface area (Å²) < 4.78 is 5.46. The first-order chi connectivity index (χ1) is 12.5. The summed E-state index contributed by atoms with van der Waals surface area (Å²) in [4.78, 5) is 23.6. The van der Waals surface area contributed by atoms with Crippen molar-refractivity contribution in [2.24, 2.45) is 0 Å². The van der Waals surface area contributed by atoms with Crippen LogP contribution >= 0.6 is 0 Å². The third kappa shape index (κ3) is 5.64. The number of benzene rings is 2. The molecular formula is C20H21N3O3. The average Bonchev–Trinajstić information content (AvgIpc) is 2.64. The first-order valence-electron chi connectivity index (χ1n) is 8.31. The first-order valence-corrected chi connectivity index (χ1v) is 8.31. The van der Waals surface area contributed by atoms with Crippen LogP contribution in [-0.2, 0) is 16.0 Å². The quantitative estimate of drug-likeness (QED) is 0.799. The smallest absolute Gasteiger partial charge is 0.262 e. The van der Waals surface area contributed by atoms with Crippen LogP contribution in [0.1, 0.15) is 24.5 Å². The summed E-state index contributed by atoms with van der Waals surface area (Å²) in [6.45, 7) is 3.51. The van der Waals surface area contributed by atoms with Crippen LogP contribution < -0.4 is 15.4 Å². The predicted molar refractivity (Wildman–Crippen MR) is 100.0 cm³/mol. The highest BCUT2D eigenvalue weighted by atomic mass is 16.5. The number of nitrogens with one attached hydrogen (secondary N) is 2. The summed E-state index contributed by atoms with van der Waals surface area (Å²) in [7, 11) is 0.